The average Bonchev–Trinajstić information content (AvgIpc) is 2.37. The van der Waals surface area contributed by atoms with Crippen LogP contribution in [0.1, 0.15) is 30.0 Å². The number of piperidine rings is 1. The predicted molar refractivity (Wildman–Crippen MR) is 68.6 cm³/mol. The van der Waals surface area contributed by atoms with Gasteiger partial charge >= 0.3 is 6.18 Å². The van der Waals surface area contributed by atoms with E-state index in [-0.39, 0.29) is 6.04 Å². The average molecular weight is 272 g/mol. The zero-order valence-electron chi connectivity index (χ0n) is 11.0. The van der Waals surface area contributed by atoms with Gasteiger partial charge in [-0.1, -0.05) is 12.1 Å². The second kappa shape index (κ2) is 5.51. The SMILES string of the molecule is CN1CCCC(C(N)c2ccc(C(F)(F)F)cc2)C1. The van der Waals surface area contributed by atoms with E-state index in [9.17, 15) is 13.2 Å². The van der Waals surface area contributed by atoms with E-state index in [4.69, 9.17) is 5.73 Å². The third-order valence-corrected chi connectivity index (χ3v) is 3.79. The summed E-state index contributed by atoms with van der Waals surface area (Å²) in [6, 6.07) is 5.04. The number of rotatable bonds is 2. The van der Waals surface area contributed by atoms with Gasteiger partial charge in [-0.25, -0.2) is 0 Å². The molecule has 2 rings (SSSR count). The van der Waals surface area contributed by atoms with Gasteiger partial charge in [0.15, 0.2) is 0 Å². The fraction of sp³-hybridized carbons (Fsp3) is 0.571. The Labute approximate surface area is 111 Å². The van der Waals surface area contributed by atoms with Crippen LogP contribution in [0, 0.1) is 5.92 Å². The van der Waals surface area contributed by atoms with Crippen molar-refractivity contribution in [2.45, 2.75) is 25.1 Å². The van der Waals surface area contributed by atoms with Gasteiger partial charge < -0.3 is 10.6 Å². The topological polar surface area (TPSA) is 29.3 Å². The highest BCUT2D eigenvalue weighted by Crippen LogP contribution is 2.32. The van der Waals surface area contributed by atoms with Gasteiger partial charge in [0.05, 0.1) is 5.56 Å². The molecular weight excluding hydrogens is 253 g/mol. The molecular formula is C14H19F3N2. The first-order chi connectivity index (χ1) is 8.88. The first-order valence-corrected chi connectivity index (χ1v) is 6.49. The van der Waals surface area contributed by atoms with Crippen molar-refractivity contribution in [3.05, 3.63) is 35.4 Å². The van der Waals surface area contributed by atoms with Crippen molar-refractivity contribution in [3.8, 4) is 0 Å². The van der Waals surface area contributed by atoms with Gasteiger partial charge in [0, 0.05) is 12.6 Å². The summed E-state index contributed by atoms with van der Waals surface area (Å²) < 4.78 is 37.5. The molecule has 0 spiro atoms. The van der Waals surface area contributed by atoms with Crippen molar-refractivity contribution < 1.29 is 13.2 Å². The third kappa shape index (κ3) is 3.48. The van der Waals surface area contributed by atoms with E-state index in [1.807, 2.05) is 7.05 Å². The normalized spacial score (nSPS) is 23.3. The Bertz CT molecular complexity index is 414. The first-order valence-electron chi connectivity index (χ1n) is 6.49. The number of nitrogens with two attached hydrogens (primary N) is 1. The molecule has 2 N–H and O–H groups in total. The van der Waals surface area contributed by atoms with Crippen LogP contribution in [0.3, 0.4) is 0 Å². The maximum absolute atomic E-state index is 12.5. The molecule has 106 valence electrons. The minimum Gasteiger partial charge on any atom is -0.324 e. The van der Waals surface area contributed by atoms with Gasteiger partial charge in [-0.3, -0.25) is 0 Å². The Hall–Kier alpha value is -1.07. The number of likely N-dealkylation sites (tertiary alicyclic amines) is 1. The lowest BCUT2D eigenvalue weighted by atomic mass is 9.87. The van der Waals surface area contributed by atoms with Crippen LogP contribution in [0.5, 0.6) is 0 Å². The Morgan fingerprint density at radius 3 is 2.42 bits per heavy atom. The monoisotopic (exact) mass is 272 g/mol. The lowest BCUT2D eigenvalue weighted by molar-refractivity contribution is -0.137. The van der Waals surface area contributed by atoms with Crippen LogP contribution in [0.2, 0.25) is 0 Å². The number of benzene rings is 1. The van der Waals surface area contributed by atoms with E-state index in [0.717, 1.165) is 43.6 Å². The van der Waals surface area contributed by atoms with E-state index in [1.54, 1.807) is 0 Å². The van der Waals surface area contributed by atoms with Crippen LogP contribution in [0.25, 0.3) is 0 Å². The molecule has 2 atom stereocenters. The lowest BCUT2D eigenvalue weighted by Crippen LogP contribution is -2.37. The molecule has 0 saturated carbocycles. The van der Waals surface area contributed by atoms with E-state index in [2.05, 4.69) is 4.90 Å². The van der Waals surface area contributed by atoms with Crippen LogP contribution in [0.15, 0.2) is 24.3 Å². The molecule has 2 nitrogen and oxygen atoms in total. The molecule has 1 saturated heterocycles. The van der Waals surface area contributed by atoms with Crippen molar-refractivity contribution in [1.82, 2.24) is 4.90 Å². The summed E-state index contributed by atoms with van der Waals surface area (Å²) in [5.41, 5.74) is 6.35. The van der Waals surface area contributed by atoms with Crippen LogP contribution in [-0.2, 0) is 6.18 Å². The summed E-state index contributed by atoms with van der Waals surface area (Å²) in [4.78, 5) is 2.22. The fourth-order valence-electron chi connectivity index (χ4n) is 2.67. The molecule has 1 fully saturated rings. The molecule has 0 aliphatic carbocycles. The Balaban J connectivity index is 2.09. The number of hydrogen-bond acceptors (Lipinski definition) is 2. The molecule has 5 heteroatoms. The molecule has 1 aromatic rings. The number of halogens is 3. The predicted octanol–water partition coefficient (Wildman–Crippen LogP) is 3.05. The molecule has 1 aliphatic rings. The summed E-state index contributed by atoms with van der Waals surface area (Å²) in [6.07, 6.45) is -2.16. The number of hydrogen-bond donors (Lipinski definition) is 1. The highest BCUT2D eigenvalue weighted by Gasteiger charge is 2.31. The largest absolute Gasteiger partial charge is 0.416 e. The van der Waals surface area contributed by atoms with Crippen molar-refractivity contribution in [2.24, 2.45) is 11.7 Å². The van der Waals surface area contributed by atoms with Crippen LogP contribution in [-0.4, -0.2) is 25.0 Å². The molecule has 0 radical (unpaired) electrons. The van der Waals surface area contributed by atoms with Crippen LogP contribution >= 0.6 is 0 Å². The summed E-state index contributed by atoms with van der Waals surface area (Å²) in [5, 5.41) is 0. The molecule has 0 amide bonds. The molecule has 0 aromatic heterocycles. The second-order valence-electron chi connectivity index (χ2n) is 5.31. The quantitative estimate of drug-likeness (QED) is 0.896. The van der Waals surface area contributed by atoms with Gasteiger partial charge in [0.25, 0.3) is 0 Å². The lowest BCUT2D eigenvalue weighted by Gasteiger charge is -2.33. The first kappa shape index (κ1) is 14.3. The maximum Gasteiger partial charge on any atom is 0.416 e. The minimum atomic E-state index is -4.28. The van der Waals surface area contributed by atoms with Crippen molar-refractivity contribution in [1.29, 1.82) is 0 Å². The van der Waals surface area contributed by atoms with Crippen molar-refractivity contribution >= 4 is 0 Å². The number of nitrogens with zero attached hydrogens (tertiary/aromatic N) is 1. The van der Waals surface area contributed by atoms with Crippen LogP contribution in [0.4, 0.5) is 13.2 Å². The molecule has 0 bridgehead atoms. The zero-order valence-corrected chi connectivity index (χ0v) is 11.0. The van der Waals surface area contributed by atoms with Gasteiger partial charge in [0.2, 0.25) is 0 Å². The standard InChI is InChI=1S/C14H19F3N2/c1-19-8-2-3-11(9-19)13(18)10-4-6-12(7-5-10)14(15,16)17/h4-7,11,13H,2-3,8-9,18H2,1H3. The summed E-state index contributed by atoms with van der Waals surface area (Å²) in [5.74, 6) is 0.315. The zero-order chi connectivity index (χ0) is 14.0. The smallest absolute Gasteiger partial charge is 0.324 e. The minimum absolute atomic E-state index is 0.190. The highest BCUT2D eigenvalue weighted by atomic mass is 19.4. The van der Waals surface area contributed by atoms with Gasteiger partial charge in [-0.05, 0) is 50.0 Å². The number of alkyl halides is 3. The molecule has 1 heterocycles. The maximum atomic E-state index is 12.5. The van der Waals surface area contributed by atoms with E-state index < -0.39 is 11.7 Å². The molecule has 2 unspecified atom stereocenters. The van der Waals surface area contributed by atoms with Crippen molar-refractivity contribution in [3.63, 3.8) is 0 Å². The van der Waals surface area contributed by atoms with Crippen molar-refractivity contribution in [2.75, 3.05) is 20.1 Å². The van der Waals surface area contributed by atoms with Gasteiger partial charge in [-0.15, -0.1) is 0 Å². The van der Waals surface area contributed by atoms with E-state index >= 15 is 0 Å². The molecule has 1 aliphatic heterocycles. The molecule has 19 heavy (non-hydrogen) atoms. The summed E-state index contributed by atoms with van der Waals surface area (Å²) >= 11 is 0. The van der Waals surface area contributed by atoms with E-state index in [1.165, 1.54) is 12.1 Å². The van der Waals surface area contributed by atoms with Crippen LogP contribution < -0.4 is 5.73 Å². The summed E-state index contributed by atoms with van der Waals surface area (Å²) in [7, 11) is 2.05. The highest BCUT2D eigenvalue weighted by molar-refractivity contribution is 5.27. The van der Waals surface area contributed by atoms with E-state index in [0.29, 0.717) is 5.92 Å². The Morgan fingerprint density at radius 2 is 1.89 bits per heavy atom. The summed E-state index contributed by atoms with van der Waals surface area (Å²) in [6.45, 7) is 1.97. The second-order valence-corrected chi connectivity index (χ2v) is 5.31. The Kier molecular flexibility index (Phi) is 4.16. The fourth-order valence-corrected chi connectivity index (χ4v) is 2.67. The third-order valence-electron chi connectivity index (χ3n) is 3.79. The Morgan fingerprint density at radius 1 is 1.26 bits per heavy atom. The molecule has 1 aromatic carbocycles. The van der Waals surface area contributed by atoms with Gasteiger partial charge in [-0.2, -0.15) is 13.2 Å². The van der Waals surface area contributed by atoms with Gasteiger partial charge in [0.1, 0.15) is 0 Å².